The van der Waals surface area contributed by atoms with Gasteiger partial charge in [0.05, 0.1) is 0 Å². The minimum atomic E-state index is -0.415. The van der Waals surface area contributed by atoms with Gasteiger partial charge in [-0.15, -0.1) is 0 Å². The average molecular weight is 430 g/mol. The van der Waals surface area contributed by atoms with Gasteiger partial charge in [-0.2, -0.15) is 0 Å². The number of amides is 3. The van der Waals surface area contributed by atoms with Crippen LogP contribution in [-0.4, -0.2) is 46.1 Å². The zero-order valence-electron chi connectivity index (χ0n) is 17.3. The van der Waals surface area contributed by atoms with E-state index in [9.17, 15) is 14.4 Å². The molecule has 6 nitrogen and oxygen atoms in total. The van der Waals surface area contributed by atoms with E-state index in [1.807, 2.05) is 4.90 Å². The van der Waals surface area contributed by atoms with E-state index in [4.69, 9.17) is 11.6 Å². The Morgan fingerprint density at radius 3 is 2.30 bits per heavy atom. The number of nitrogens with one attached hydrogen (secondary N) is 1. The lowest BCUT2D eigenvalue weighted by molar-refractivity contribution is -0.140. The molecule has 1 saturated heterocycles. The molecule has 1 aromatic rings. The molecule has 7 heteroatoms. The number of halogens is 1. The van der Waals surface area contributed by atoms with Gasteiger partial charge in [-0.1, -0.05) is 30.9 Å². The molecule has 2 fully saturated rings. The van der Waals surface area contributed by atoms with Crippen LogP contribution in [0.15, 0.2) is 35.0 Å². The quantitative estimate of drug-likeness (QED) is 0.726. The minimum Gasteiger partial charge on any atom is -0.350 e. The molecule has 160 valence electrons. The van der Waals surface area contributed by atoms with Crippen molar-refractivity contribution in [3.8, 4) is 0 Å². The van der Waals surface area contributed by atoms with Crippen molar-refractivity contribution < 1.29 is 14.4 Å². The molecule has 2 aliphatic heterocycles. The fraction of sp³-hybridized carbons (Fsp3) is 0.522. The largest absolute Gasteiger partial charge is 0.350 e. The molecule has 3 amide bonds. The Morgan fingerprint density at radius 1 is 0.967 bits per heavy atom. The van der Waals surface area contributed by atoms with E-state index >= 15 is 0 Å². The van der Waals surface area contributed by atoms with Crippen molar-refractivity contribution in [3.63, 3.8) is 0 Å². The lowest BCUT2D eigenvalue weighted by Crippen LogP contribution is -2.42. The number of likely N-dealkylation sites (tertiary alicyclic amines) is 1. The molecule has 0 aromatic heterocycles. The molecule has 1 saturated carbocycles. The fourth-order valence-corrected chi connectivity index (χ4v) is 4.92. The Hall–Kier alpha value is -2.34. The third kappa shape index (κ3) is 3.97. The van der Waals surface area contributed by atoms with Crippen molar-refractivity contribution in [1.29, 1.82) is 0 Å². The molecule has 3 aliphatic rings. The van der Waals surface area contributed by atoms with E-state index in [-0.39, 0.29) is 34.6 Å². The highest BCUT2D eigenvalue weighted by Gasteiger charge is 2.42. The maximum absolute atomic E-state index is 12.9. The number of hydrogen-bond donors (Lipinski definition) is 1. The highest BCUT2D eigenvalue weighted by atomic mass is 35.5. The molecule has 0 bridgehead atoms. The second-order valence-electron chi connectivity index (χ2n) is 8.51. The van der Waals surface area contributed by atoms with Gasteiger partial charge < -0.3 is 10.2 Å². The number of benzene rings is 1. The van der Waals surface area contributed by atoms with E-state index in [2.05, 4.69) is 12.2 Å². The molecule has 1 unspecified atom stereocenters. The van der Waals surface area contributed by atoms with Gasteiger partial charge in [0.25, 0.3) is 17.7 Å². The highest BCUT2D eigenvalue weighted by Crippen LogP contribution is 2.32. The fourth-order valence-electron chi connectivity index (χ4n) is 4.70. The first kappa shape index (κ1) is 20.9. The van der Waals surface area contributed by atoms with Gasteiger partial charge >= 0.3 is 0 Å². The Labute approximate surface area is 182 Å². The Morgan fingerprint density at radius 2 is 1.63 bits per heavy atom. The molecule has 1 aromatic carbocycles. The number of rotatable bonds is 4. The van der Waals surface area contributed by atoms with Crippen molar-refractivity contribution in [3.05, 3.63) is 40.6 Å². The maximum atomic E-state index is 12.9. The molecule has 2 heterocycles. The third-order valence-corrected chi connectivity index (χ3v) is 6.81. The van der Waals surface area contributed by atoms with E-state index in [1.165, 1.54) is 4.90 Å². The zero-order valence-corrected chi connectivity index (χ0v) is 18.1. The van der Waals surface area contributed by atoms with E-state index in [1.54, 1.807) is 24.3 Å². The SMILES string of the molecule is CC1CCCCN1C(=O)c1ccc(NC2=C(Cl)C(=O)N(C3CCCCC3)C2=O)cc1. The molecule has 0 radical (unpaired) electrons. The van der Waals surface area contributed by atoms with Crippen LogP contribution in [0.1, 0.15) is 68.6 Å². The minimum absolute atomic E-state index is 0.0293. The summed E-state index contributed by atoms with van der Waals surface area (Å²) in [7, 11) is 0. The van der Waals surface area contributed by atoms with Crippen molar-refractivity contribution in [2.75, 3.05) is 11.9 Å². The first-order chi connectivity index (χ1) is 14.5. The summed E-state index contributed by atoms with van der Waals surface area (Å²) in [5.74, 6) is -0.747. The molecule has 4 rings (SSSR count). The predicted octanol–water partition coefficient (Wildman–Crippen LogP) is 4.27. The van der Waals surface area contributed by atoms with Gasteiger partial charge in [0.2, 0.25) is 0 Å². The van der Waals surface area contributed by atoms with E-state index in [0.29, 0.717) is 11.3 Å². The second kappa shape index (κ2) is 8.80. The molecule has 1 aliphatic carbocycles. The van der Waals surface area contributed by atoms with Gasteiger partial charge in [0.15, 0.2) is 0 Å². The number of carbonyl (C=O) groups excluding carboxylic acids is 3. The molecular weight excluding hydrogens is 402 g/mol. The lowest BCUT2D eigenvalue weighted by Gasteiger charge is -2.33. The number of imide groups is 1. The van der Waals surface area contributed by atoms with Crippen molar-refractivity contribution >= 4 is 35.0 Å². The summed E-state index contributed by atoms with van der Waals surface area (Å²) in [6.07, 6.45) is 8.08. The Balaban J connectivity index is 1.45. The normalized spacial score (nSPS) is 23.3. The van der Waals surface area contributed by atoms with Crippen LogP contribution in [0.2, 0.25) is 0 Å². The third-order valence-electron chi connectivity index (χ3n) is 6.46. The smallest absolute Gasteiger partial charge is 0.279 e. The molecule has 1 atom stereocenters. The number of hydrogen-bond acceptors (Lipinski definition) is 4. The number of nitrogens with zero attached hydrogens (tertiary/aromatic N) is 2. The number of carbonyl (C=O) groups is 3. The first-order valence-corrected chi connectivity index (χ1v) is 11.3. The van der Waals surface area contributed by atoms with Gasteiger partial charge in [0.1, 0.15) is 10.7 Å². The van der Waals surface area contributed by atoms with Crippen LogP contribution in [0, 0.1) is 0 Å². The van der Waals surface area contributed by atoms with Crippen molar-refractivity contribution in [2.45, 2.75) is 70.4 Å². The topological polar surface area (TPSA) is 69.7 Å². The Kier molecular flexibility index (Phi) is 6.14. The van der Waals surface area contributed by atoms with Crippen LogP contribution in [0.3, 0.4) is 0 Å². The average Bonchev–Trinajstić information content (AvgIpc) is 2.98. The second-order valence-corrected chi connectivity index (χ2v) is 8.88. The molecule has 0 spiro atoms. The highest BCUT2D eigenvalue weighted by molar-refractivity contribution is 6.48. The Bertz CT molecular complexity index is 874. The standard InChI is InChI=1S/C23H28ClN3O3/c1-15-7-5-6-14-26(15)21(28)16-10-12-17(13-11-16)25-20-19(24)22(29)27(23(20)30)18-8-3-2-4-9-18/h10-13,15,18,25H,2-9,14H2,1H3. The summed E-state index contributed by atoms with van der Waals surface area (Å²) >= 11 is 6.23. The lowest BCUT2D eigenvalue weighted by atomic mass is 9.94. The van der Waals surface area contributed by atoms with Crippen LogP contribution >= 0.6 is 11.6 Å². The van der Waals surface area contributed by atoms with E-state index in [0.717, 1.165) is 57.9 Å². The van der Waals surface area contributed by atoms with Crippen LogP contribution in [-0.2, 0) is 9.59 Å². The monoisotopic (exact) mass is 429 g/mol. The van der Waals surface area contributed by atoms with E-state index < -0.39 is 5.91 Å². The summed E-state index contributed by atoms with van der Waals surface area (Å²) in [4.78, 5) is 41.5. The molecular formula is C23H28ClN3O3. The van der Waals surface area contributed by atoms with Crippen LogP contribution in [0.5, 0.6) is 0 Å². The zero-order chi connectivity index (χ0) is 21.3. The summed E-state index contributed by atoms with van der Waals surface area (Å²) in [6.45, 7) is 2.87. The van der Waals surface area contributed by atoms with Crippen LogP contribution in [0.25, 0.3) is 0 Å². The van der Waals surface area contributed by atoms with Gasteiger partial charge in [-0.3, -0.25) is 19.3 Å². The van der Waals surface area contributed by atoms with Crippen molar-refractivity contribution in [2.24, 2.45) is 0 Å². The van der Waals surface area contributed by atoms with Gasteiger partial charge in [-0.25, -0.2) is 0 Å². The van der Waals surface area contributed by atoms with Crippen molar-refractivity contribution in [1.82, 2.24) is 9.80 Å². The summed E-state index contributed by atoms with van der Waals surface area (Å²) in [5, 5.41) is 2.94. The van der Waals surface area contributed by atoms with Gasteiger partial charge in [-0.05, 0) is 63.3 Å². The van der Waals surface area contributed by atoms with Gasteiger partial charge in [0, 0.05) is 29.9 Å². The maximum Gasteiger partial charge on any atom is 0.279 e. The summed E-state index contributed by atoms with van der Waals surface area (Å²) in [5.41, 5.74) is 1.36. The predicted molar refractivity (Wildman–Crippen MR) is 116 cm³/mol. The first-order valence-electron chi connectivity index (χ1n) is 10.9. The summed E-state index contributed by atoms with van der Waals surface area (Å²) in [6, 6.07) is 7.18. The summed E-state index contributed by atoms with van der Waals surface area (Å²) < 4.78 is 0. The number of anilines is 1. The molecule has 1 N–H and O–H groups in total. The number of piperidine rings is 1. The van der Waals surface area contributed by atoms with Crippen LogP contribution in [0.4, 0.5) is 5.69 Å². The van der Waals surface area contributed by atoms with Crippen LogP contribution < -0.4 is 5.32 Å². The molecule has 30 heavy (non-hydrogen) atoms.